The average Bonchev–Trinajstić information content (AvgIpc) is 2.55. The molecule has 0 radical (unpaired) electrons. The quantitative estimate of drug-likeness (QED) is 0.423. The van der Waals surface area contributed by atoms with Gasteiger partial charge in [0.2, 0.25) is 5.91 Å². The average molecular weight is 313 g/mol. The van der Waals surface area contributed by atoms with E-state index in [0.717, 1.165) is 4.90 Å². The summed E-state index contributed by atoms with van der Waals surface area (Å²) in [5.74, 6) is -1.70. The van der Waals surface area contributed by atoms with Crippen molar-refractivity contribution in [2.45, 2.75) is 36.4 Å². The number of allylic oxidation sites excluding steroid dienone is 1. The Morgan fingerprint density at radius 2 is 2.00 bits per heavy atom. The standard InChI is InChI=1S/C14H19NO5S/c1-5-7-9-11(16)15-10(13(17)20-8-6-2)14(3,4)21(18,19)12(9)15/h5-6,9-10,12H,1-2,7-8H2,3-4H3/t9-,10+,12-/m1/s1. The lowest BCUT2D eigenvalue weighted by atomic mass is 9.89. The Morgan fingerprint density at radius 1 is 1.38 bits per heavy atom. The van der Waals surface area contributed by atoms with E-state index in [4.69, 9.17) is 4.74 Å². The smallest absolute Gasteiger partial charge is 0.330 e. The Hall–Kier alpha value is -1.63. The van der Waals surface area contributed by atoms with Crippen molar-refractivity contribution in [3.8, 4) is 0 Å². The van der Waals surface area contributed by atoms with Crippen LogP contribution in [-0.2, 0) is 24.2 Å². The van der Waals surface area contributed by atoms with Gasteiger partial charge in [-0.05, 0) is 20.3 Å². The highest BCUT2D eigenvalue weighted by Gasteiger charge is 2.71. The molecular formula is C14H19NO5S. The van der Waals surface area contributed by atoms with Crippen LogP contribution in [0.1, 0.15) is 20.3 Å². The second-order valence-corrected chi connectivity index (χ2v) is 8.36. The number of ether oxygens (including phenoxy) is 1. The molecule has 2 rings (SSSR count). The Bertz CT molecular complexity index is 607. The molecule has 0 aromatic heterocycles. The fraction of sp³-hybridized carbons (Fsp3) is 0.571. The molecule has 0 aromatic rings. The van der Waals surface area contributed by atoms with Gasteiger partial charge < -0.3 is 9.64 Å². The molecule has 2 aliphatic rings. The van der Waals surface area contributed by atoms with E-state index in [1.54, 1.807) is 0 Å². The highest BCUT2D eigenvalue weighted by Crippen LogP contribution is 2.49. The molecule has 2 aliphatic heterocycles. The van der Waals surface area contributed by atoms with Gasteiger partial charge in [0.25, 0.3) is 0 Å². The van der Waals surface area contributed by atoms with E-state index in [2.05, 4.69) is 13.2 Å². The summed E-state index contributed by atoms with van der Waals surface area (Å²) in [6.45, 7) is 9.87. The van der Waals surface area contributed by atoms with Gasteiger partial charge >= 0.3 is 5.97 Å². The van der Waals surface area contributed by atoms with Crippen LogP contribution >= 0.6 is 0 Å². The van der Waals surface area contributed by atoms with E-state index in [1.165, 1.54) is 26.0 Å². The molecule has 116 valence electrons. The van der Waals surface area contributed by atoms with E-state index in [0.29, 0.717) is 0 Å². The molecule has 2 fully saturated rings. The number of amides is 1. The van der Waals surface area contributed by atoms with Crippen molar-refractivity contribution in [3.05, 3.63) is 25.3 Å². The van der Waals surface area contributed by atoms with Crippen LogP contribution in [0.15, 0.2) is 25.3 Å². The number of fused-ring (bicyclic) bond motifs is 1. The van der Waals surface area contributed by atoms with Gasteiger partial charge in [0, 0.05) is 0 Å². The highest BCUT2D eigenvalue weighted by molar-refractivity contribution is 7.93. The van der Waals surface area contributed by atoms with Crippen LogP contribution in [0.2, 0.25) is 0 Å². The number of carbonyl (C=O) groups is 2. The zero-order valence-electron chi connectivity index (χ0n) is 12.1. The van der Waals surface area contributed by atoms with Crippen molar-refractivity contribution >= 4 is 21.7 Å². The SMILES string of the molecule is C=CCOC(=O)[C@@H]1N2C(=O)[C@@H](CC=C)[C@H]2S(=O)(=O)C1(C)C. The molecule has 2 saturated heterocycles. The van der Waals surface area contributed by atoms with Crippen LogP contribution in [-0.4, -0.2) is 48.0 Å². The summed E-state index contributed by atoms with van der Waals surface area (Å²) >= 11 is 0. The molecule has 21 heavy (non-hydrogen) atoms. The van der Waals surface area contributed by atoms with Crippen LogP contribution < -0.4 is 0 Å². The molecule has 2 heterocycles. The fourth-order valence-electron chi connectivity index (χ4n) is 3.01. The monoisotopic (exact) mass is 313 g/mol. The number of hydrogen-bond acceptors (Lipinski definition) is 5. The summed E-state index contributed by atoms with van der Waals surface area (Å²) in [7, 11) is -3.66. The minimum absolute atomic E-state index is 0.0196. The summed E-state index contributed by atoms with van der Waals surface area (Å²) in [5.41, 5.74) is 0. The molecule has 0 bridgehead atoms. The topological polar surface area (TPSA) is 80.8 Å². The molecule has 3 atom stereocenters. The minimum atomic E-state index is -3.66. The van der Waals surface area contributed by atoms with Gasteiger partial charge in [-0.1, -0.05) is 18.7 Å². The van der Waals surface area contributed by atoms with Gasteiger partial charge in [-0.15, -0.1) is 6.58 Å². The van der Waals surface area contributed by atoms with Crippen LogP contribution in [0.25, 0.3) is 0 Å². The summed E-state index contributed by atoms with van der Waals surface area (Å²) in [6, 6.07) is -1.11. The number of rotatable bonds is 5. The van der Waals surface area contributed by atoms with Crippen LogP contribution in [0.4, 0.5) is 0 Å². The Kier molecular flexibility index (Phi) is 3.73. The zero-order chi connectivity index (χ0) is 16.0. The second-order valence-electron chi connectivity index (χ2n) is 5.74. The van der Waals surface area contributed by atoms with Gasteiger partial charge in [-0.2, -0.15) is 0 Å². The second kappa shape index (κ2) is 4.98. The van der Waals surface area contributed by atoms with Gasteiger partial charge in [-0.25, -0.2) is 13.2 Å². The normalized spacial score (nSPS) is 32.0. The lowest BCUT2D eigenvalue weighted by Crippen LogP contribution is -2.63. The molecule has 0 spiro atoms. The molecule has 0 aromatic carbocycles. The Morgan fingerprint density at radius 3 is 2.52 bits per heavy atom. The third kappa shape index (κ3) is 1.94. The summed E-state index contributed by atoms with van der Waals surface area (Å²) in [5, 5.41) is -0.959. The molecule has 6 nitrogen and oxygen atoms in total. The Labute approximate surface area is 124 Å². The van der Waals surface area contributed by atoms with Crippen LogP contribution in [0.5, 0.6) is 0 Å². The first-order valence-electron chi connectivity index (χ1n) is 6.65. The molecule has 0 unspecified atom stereocenters. The van der Waals surface area contributed by atoms with Crippen LogP contribution in [0, 0.1) is 5.92 Å². The molecule has 0 saturated carbocycles. The molecule has 1 amide bonds. The van der Waals surface area contributed by atoms with Crippen molar-refractivity contribution in [3.63, 3.8) is 0 Å². The molecular weight excluding hydrogens is 294 g/mol. The predicted octanol–water partition coefficient (Wildman–Crippen LogP) is 0.652. The highest BCUT2D eigenvalue weighted by atomic mass is 32.2. The maximum absolute atomic E-state index is 12.6. The lowest BCUT2D eigenvalue weighted by molar-refractivity contribution is -0.165. The van der Waals surface area contributed by atoms with Gasteiger partial charge in [0.15, 0.2) is 9.84 Å². The number of esters is 1. The first-order chi connectivity index (χ1) is 9.71. The maximum Gasteiger partial charge on any atom is 0.330 e. The van der Waals surface area contributed by atoms with Crippen molar-refractivity contribution in [2.24, 2.45) is 5.92 Å². The molecule has 7 heteroatoms. The zero-order valence-corrected chi connectivity index (χ0v) is 12.9. The number of carbonyl (C=O) groups excluding carboxylic acids is 2. The van der Waals surface area contributed by atoms with Gasteiger partial charge in [0.05, 0.1) is 10.7 Å². The number of nitrogens with zero attached hydrogens (tertiary/aromatic N) is 1. The summed E-state index contributed by atoms with van der Waals surface area (Å²) in [4.78, 5) is 25.5. The summed E-state index contributed by atoms with van der Waals surface area (Å²) in [6.07, 6.45) is 3.19. The van der Waals surface area contributed by atoms with Gasteiger partial charge in [-0.3, -0.25) is 4.79 Å². The minimum Gasteiger partial charge on any atom is -0.460 e. The lowest BCUT2D eigenvalue weighted by Gasteiger charge is -2.42. The van der Waals surface area contributed by atoms with E-state index < -0.39 is 37.9 Å². The third-order valence-corrected chi connectivity index (χ3v) is 7.05. The summed E-state index contributed by atoms with van der Waals surface area (Å²) < 4.78 is 28.9. The van der Waals surface area contributed by atoms with E-state index in [-0.39, 0.29) is 18.9 Å². The fourth-order valence-corrected chi connectivity index (χ4v) is 5.33. The van der Waals surface area contributed by atoms with Crippen molar-refractivity contribution in [1.29, 1.82) is 0 Å². The Balaban J connectivity index is 2.40. The number of β-lactam (4-membered cyclic amide) rings is 1. The van der Waals surface area contributed by atoms with Crippen LogP contribution in [0.3, 0.4) is 0 Å². The van der Waals surface area contributed by atoms with Crippen molar-refractivity contribution in [1.82, 2.24) is 4.90 Å². The number of hydrogen-bond donors (Lipinski definition) is 0. The first-order valence-corrected chi connectivity index (χ1v) is 8.20. The van der Waals surface area contributed by atoms with E-state index in [1.807, 2.05) is 0 Å². The third-order valence-electron chi connectivity index (χ3n) is 4.17. The first kappa shape index (κ1) is 15.8. The number of sulfone groups is 1. The largest absolute Gasteiger partial charge is 0.460 e. The van der Waals surface area contributed by atoms with Gasteiger partial charge in [0.1, 0.15) is 18.0 Å². The predicted molar refractivity (Wildman–Crippen MR) is 76.9 cm³/mol. The van der Waals surface area contributed by atoms with Crippen molar-refractivity contribution < 1.29 is 22.7 Å². The van der Waals surface area contributed by atoms with E-state index >= 15 is 0 Å². The van der Waals surface area contributed by atoms with E-state index in [9.17, 15) is 18.0 Å². The van der Waals surface area contributed by atoms with Crippen molar-refractivity contribution in [2.75, 3.05) is 6.61 Å². The molecule has 0 N–H and O–H groups in total. The molecule has 0 aliphatic carbocycles. The maximum atomic E-state index is 12.6.